The Bertz CT molecular complexity index is 392. The van der Waals surface area contributed by atoms with Gasteiger partial charge in [-0.3, -0.25) is 0 Å². The first kappa shape index (κ1) is 17.7. The summed E-state index contributed by atoms with van der Waals surface area (Å²) < 4.78 is 63.2. The normalized spacial score (nSPS) is 21.6. The molecule has 0 aromatic carbocycles. The molecule has 20 heavy (non-hydrogen) atoms. The second-order valence-electron chi connectivity index (χ2n) is 5.32. The van der Waals surface area contributed by atoms with E-state index in [0.717, 1.165) is 23.7 Å². The molecule has 1 rings (SSSR count). The van der Waals surface area contributed by atoms with E-state index >= 15 is 0 Å². The summed E-state index contributed by atoms with van der Waals surface area (Å²) in [6.45, 7) is 3.60. The summed E-state index contributed by atoms with van der Waals surface area (Å²) in [7, 11) is -4.12. The molecule has 0 aliphatic carbocycles. The largest absolute Gasteiger partial charge is 0.402 e. The van der Waals surface area contributed by atoms with Crippen LogP contribution < -0.4 is 10.0 Å². The SMILES string of the molecule is CC(C)N(CC1CCCNC1)S(=O)(=O)NCC(F)(F)F. The average molecular weight is 317 g/mol. The predicted molar refractivity (Wildman–Crippen MR) is 70.4 cm³/mol. The van der Waals surface area contributed by atoms with Gasteiger partial charge in [0.25, 0.3) is 10.2 Å². The van der Waals surface area contributed by atoms with E-state index in [1.807, 2.05) is 0 Å². The summed E-state index contributed by atoms with van der Waals surface area (Å²) in [5, 5.41) is 3.16. The van der Waals surface area contributed by atoms with Gasteiger partial charge in [0, 0.05) is 12.6 Å². The van der Waals surface area contributed by atoms with Crippen molar-refractivity contribution in [3.05, 3.63) is 0 Å². The molecule has 5 nitrogen and oxygen atoms in total. The van der Waals surface area contributed by atoms with Crippen molar-refractivity contribution in [3.63, 3.8) is 0 Å². The lowest BCUT2D eigenvalue weighted by Crippen LogP contribution is -2.50. The standard InChI is InChI=1S/C11H22F3N3O2S/c1-9(2)17(7-10-4-3-5-15-6-10)20(18,19)16-8-11(12,13)14/h9-10,15-16H,3-8H2,1-2H3. The van der Waals surface area contributed by atoms with E-state index in [1.54, 1.807) is 18.6 Å². The molecule has 0 amide bonds. The van der Waals surface area contributed by atoms with Gasteiger partial charge in [0.2, 0.25) is 0 Å². The summed E-state index contributed by atoms with van der Waals surface area (Å²) in [6.07, 6.45) is -2.72. The molecule has 1 fully saturated rings. The molecule has 1 aliphatic rings. The van der Waals surface area contributed by atoms with E-state index in [2.05, 4.69) is 5.32 Å². The number of hydrogen-bond acceptors (Lipinski definition) is 3. The van der Waals surface area contributed by atoms with Crippen LogP contribution in [0.25, 0.3) is 0 Å². The zero-order chi connectivity index (χ0) is 15.4. The van der Waals surface area contributed by atoms with E-state index in [9.17, 15) is 21.6 Å². The fraction of sp³-hybridized carbons (Fsp3) is 1.00. The average Bonchev–Trinajstić information content (AvgIpc) is 2.34. The molecule has 0 aromatic rings. The van der Waals surface area contributed by atoms with Gasteiger partial charge in [-0.15, -0.1) is 0 Å². The van der Waals surface area contributed by atoms with Crippen LogP contribution in [0, 0.1) is 5.92 Å². The number of piperidine rings is 1. The van der Waals surface area contributed by atoms with Crippen LogP contribution in [0.15, 0.2) is 0 Å². The molecular formula is C11H22F3N3O2S. The van der Waals surface area contributed by atoms with E-state index in [0.29, 0.717) is 6.54 Å². The summed E-state index contributed by atoms with van der Waals surface area (Å²) in [6, 6.07) is -0.386. The number of nitrogens with one attached hydrogen (secondary N) is 2. The van der Waals surface area contributed by atoms with Gasteiger partial charge < -0.3 is 5.32 Å². The van der Waals surface area contributed by atoms with Gasteiger partial charge in [0.1, 0.15) is 6.54 Å². The molecule has 0 bridgehead atoms. The Morgan fingerprint density at radius 1 is 1.40 bits per heavy atom. The maximum absolute atomic E-state index is 12.2. The van der Waals surface area contributed by atoms with E-state index in [4.69, 9.17) is 0 Å². The molecule has 1 aliphatic heterocycles. The second kappa shape index (κ2) is 7.06. The highest BCUT2D eigenvalue weighted by Gasteiger charge is 2.33. The molecule has 0 spiro atoms. The van der Waals surface area contributed by atoms with Crippen LogP contribution in [0.2, 0.25) is 0 Å². The molecule has 2 N–H and O–H groups in total. The van der Waals surface area contributed by atoms with Gasteiger partial charge in [-0.25, -0.2) is 0 Å². The lowest BCUT2D eigenvalue weighted by molar-refractivity contribution is -0.121. The Morgan fingerprint density at radius 3 is 2.50 bits per heavy atom. The lowest BCUT2D eigenvalue weighted by atomic mass is 9.99. The van der Waals surface area contributed by atoms with Crippen LogP contribution in [0.5, 0.6) is 0 Å². The van der Waals surface area contributed by atoms with E-state index < -0.39 is 22.9 Å². The Labute approximate surface area is 118 Å². The Morgan fingerprint density at radius 2 is 2.05 bits per heavy atom. The topological polar surface area (TPSA) is 61.4 Å². The monoisotopic (exact) mass is 317 g/mol. The van der Waals surface area contributed by atoms with Crippen molar-refractivity contribution in [2.75, 3.05) is 26.2 Å². The first-order chi connectivity index (χ1) is 9.12. The molecule has 0 aromatic heterocycles. The van der Waals surface area contributed by atoms with Gasteiger partial charge in [0.05, 0.1) is 0 Å². The minimum Gasteiger partial charge on any atom is -0.316 e. The van der Waals surface area contributed by atoms with Crippen LogP contribution in [0.4, 0.5) is 13.2 Å². The highest BCUT2D eigenvalue weighted by molar-refractivity contribution is 7.87. The molecule has 1 atom stereocenters. The second-order valence-corrected chi connectivity index (χ2v) is 7.02. The van der Waals surface area contributed by atoms with Crippen molar-refractivity contribution in [2.24, 2.45) is 5.92 Å². The minimum absolute atomic E-state index is 0.133. The Kier molecular flexibility index (Phi) is 6.24. The molecule has 1 unspecified atom stereocenters. The summed E-state index contributed by atoms with van der Waals surface area (Å²) >= 11 is 0. The number of halogens is 3. The fourth-order valence-corrected chi connectivity index (χ4v) is 3.65. The predicted octanol–water partition coefficient (Wildman–Crippen LogP) is 1.09. The molecule has 0 saturated carbocycles. The first-order valence-electron chi connectivity index (χ1n) is 6.66. The first-order valence-corrected chi connectivity index (χ1v) is 8.10. The summed E-state index contributed by atoms with van der Waals surface area (Å²) in [4.78, 5) is 0. The highest BCUT2D eigenvalue weighted by Crippen LogP contribution is 2.17. The molecule has 120 valence electrons. The zero-order valence-corrected chi connectivity index (χ0v) is 12.5. The van der Waals surface area contributed by atoms with Crippen molar-refractivity contribution in [3.8, 4) is 0 Å². The van der Waals surface area contributed by atoms with Crippen LogP contribution in [-0.2, 0) is 10.2 Å². The quantitative estimate of drug-likeness (QED) is 0.771. The molecule has 1 saturated heterocycles. The van der Waals surface area contributed by atoms with Gasteiger partial charge in [-0.1, -0.05) is 0 Å². The number of rotatable bonds is 6. The maximum atomic E-state index is 12.2. The highest BCUT2D eigenvalue weighted by atomic mass is 32.2. The summed E-state index contributed by atoms with van der Waals surface area (Å²) in [5.74, 6) is 0.133. The Hall–Kier alpha value is -0.380. The van der Waals surface area contributed by atoms with E-state index in [1.165, 1.54) is 0 Å². The lowest BCUT2D eigenvalue weighted by Gasteiger charge is -2.32. The van der Waals surface area contributed by atoms with Crippen molar-refractivity contribution in [1.29, 1.82) is 0 Å². The summed E-state index contributed by atoms with van der Waals surface area (Å²) in [5.41, 5.74) is 0. The van der Waals surface area contributed by atoms with E-state index in [-0.39, 0.29) is 18.5 Å². The van der Waals surface area contributed by atoms with Gasteiger partial charge in [0.15, 0.2) is 0 Å². The minimum atomic E-state index is -4.55. The van der Waals surface area contributed by atoms with Crippen LogP contribution in [-0.4, -0.2) is 51.1 Å². The van der Waals surface area contributed by atoms with Gasteiger partial charge in [-0.2, -0.15) is 30.6 Å². The molecule has 9 heteroatoms. The molecule has 1 heterocycles. The number of nitrogens with zero attached hydrogens (tertiary/aromatic N) is 1. The molecule has 0 radical (unpaired) electrons. The van der Waals surface area contributed by atoms with Crippen molar-refractivity contribution >= 4 is 10.2 Å². The fourth-order valence-electron chi connectivity index (χ4n) is 2.18. The number of hydrogen-bond donors (Lipinski definition) is 2. The van der Waals surface area contributed by atoms with Crippen LogP contribution in [0.1, 0.15) is 26.7 Å². The third-order valence-electron chi connectivity index (χ3n) is 3.18. The molecular weight excluding hydrogens is 295 g/mol. The van der Waals surface area contributed by atoms with Crippen molar-refractivity contribution < 1.29 is 21.6 Å². The maximum Gasteiger partial charge on any atom is 0.402 e. The number of alkyl halides is 3. The van der Waals surface area contributed by atoms with Crippen molar-refractivity contribution in [2.45, 2.75) is 38.9 Å². The third-order valence-corrected chi connectivity index (χ3v) is 4.87. The van der Waals surface area contributed by atoms with Gasteiger partial charge in [-0.05, 0) is 45.7 Å². The third kappa shape index (κ3) is 5.94. The smallest absolute Gasteiger partial charge is 0.316 e. The van der Waals surface area contributed by atoms with Crippen molar-refractivity contribution in [1.82, 2.24) is 14.3 Å². The van der Waals surface area contributed by atoms with Gasteiger partial charge >= 0.3 is 6.18 Å². The van der Waals surface area contributed by atoms with Crippen LogP contribution >= 0.6 is 0 Å². The van der Waals surface area contributed by atoms with Crippen LogP contribution in [0.3, 0.4) is 0 Å². The Balaban J connectivity index is 2.68. The zero-order valence-electron chi connectivity index (χ0n) is 11.7.